The van der Waals surface area contributed by atoms with Gasteiger partial charge in [0.15, 0.2) is 29.5 Å². The van der Waals surface area contributed by atoms with Crippen LogP contribution in [0, 0.1) is 0 Å². The Balaban J connectivity index is 1.65. The lowest BCUT2D eigenvalue weighted by molar-refractivity contribution is -0.288. The van der Waals surface area contributed by atoms with Gasteiger partial charge in [-0.15, -0.1) is 0 Å². The number of carbonyl (C=O) groups is 5. The van der Waals surface area contributed by atoms with Crippen LogP contribution in [-0.4, -0.2) is 78.9 Å². The molecule has 2 aromatic carbocycles. The zero-order valence-corrected chi connectivity index (χ0v) is 25.4. The van der Waals surface area contributed by atoms with Crippen molar-refractivity contribution >= 4 is 29.7 Å². The second-order valence-corrected chi connectivity index (χ2v) is 10.3. The maximum Gasteiger partial charge on any atom is 0.303 e. The third-order valence-corrected chi connectivity index (χ3v) is 6.89. The highest BCUT2D eigenvalue weighted by molar-refractivity contribution is 6.00. The number of benzene rings is 2. The van der Waals surface area contributed by atoms with Gasteiger partial charge in [-0.2, -0.15) is 0 Å². The van der Waals surface area contributed by atoms with E-state index in [1.54, 1.807) is 25.1 Å². The summed E-state index contributed by atoms with van der Waals surface area (Å²) in [5.41, 5.74) is 0.928. The standard InChI is InChI=1S/C31H34O14/c1-6-20-23(10-8-21(27(20)37)22(36)11-19-7-9-24-25(12-19)40-14-39-24)44-31-30(43-18(5)35)29(42-17(4)34)28(41-16(3)33)26(45-31)13-38-15(2)32/h7-10,12,26,28-31,37H,6,11,13-14H2,1-5H3/t26-,28+,29+,30-,31+/m0/s1. The molecule has 242 valence electrons. The van der Waals surface area contributed by atoms with E-state index in [-0.39, 0.29) is 48.0 Å². The Hall–Kier alpha value is -4.85. The predicted molar refractivity (Wildman–Crippen MR) is 151 cm³/mol. The van der Waals surface area contributed by atoms with Crippen LogP contribution in [-0.2, 0) is 55.7 Å². The minimum atomic E-state index is -1.51. The third-order valence-electron chi connectivity index (χ3n) is 6.89. The van der Waals surface area contributed by atoms with Crippen LogP contribution in [0.2, 0.25) is 0 Å². The van der Waals surface area contributed by atoms with E-state index >= 15 is 0 Å². The smallest absolute Gasteiger partial charge is 0.303 e. The zero-order chi connectivity index (χ0) is 32.8. The van der Waals surface area contributed by atoms with E-state index in [1.807, 2.05) is 0 Å². The average molecular weight is 631 g/mol. The second-order valence-electron chi connectivity index (χ2n) is 10.3. The number of hydrogen-bond acceptors (Lipinski definition) is 14. The Labute approximate surface area is 258 Å². The van der Waals surface area contributed by atoms with E-state index in [0.717, 1.165) is 27.7 Å². The number of aromatic hydroxyl groups is 1. The van der Waals surface area contributed by atoms with Crippen LogP contribution < -0.4 is 14.2 Å². The van der Waals surface area contributed by atoms with E-state index < -0.39 is 61.2 Å². The van der Waals surface area contributed by atoms with Crippen LogP contribution in [0.15, 0.2) is 30.3 Å². The average Bonchev–Trinajstić information content (AvgIpc) is 3.42. The molecule has 0 aliphatic carbocycles. The lowest BCUT2D eigenvalue weighted by Crippen LogP contribution is -2.63. The number of hydrogen-bond donors (Lipinski definition) is 1. The van der Waals surface area contributed by atoms with Crippen molar-refractivity contribution in [1.29, 1.82) is 0 Å². The van der Waals surface area contributed by atoms with Gasteiger partial charge < -0.3 is 43.0 Å². The van der Waals surface area contributed by atoms with Crippen LogP contribution in [0.3, 0.4) is 0 Å². The minimum absolute atomic E-state index is 0.0345. The predicted octanol–water partition coefficient (Wildman–Crippen LogP) is 2.57. The van der Waals surface area contributed by atoms with Crippen molar-refractivity contribution in [2.45, 2.75) is 78.2 Å². The molecule has 4 rings (SSSR count). The number of phenolic OH excluding ortho intramolecular Hbond substituents is 1. The molecule has 1 saturated heterocycles. The summed E-state index contributed by atoms with van der Waals surface area (Å²) in [6.07, 6.45) is -6.82. The van der Waals surface area contributed by atoms with Crippen LogP contribution in [0.1, 0.15) is 56.1 Å². The molecule has 0 spiro atoms. The molecule has 0 aromatic heterocycles. The maximum absolute atomic E-state index is 13.2. The number of phenols is 1. The number of Topliss-reactive ketones (excluding diaryl/α,β-unsaturated/α-hetero) is 1. The summed E-state index contributed by atoms with van der Waals surface area (Å²) in [6, 6.07) is 7.95. The van der Waals surface area contributed by atoms with Crippen molar-refractivity contribution in [3.05, 3.63) is 47.0 Å². The molecule has 1 N–H and O–H groups in total. The summed E-state index contributed by atoms with van der Waals surface area (Å²) in [6.45, 7) is 5.87. The van der Waals surface area contributed by atoms with Crippen LogP contribution >= 0.6 is 0 Å². The Kier molecular flexibility index (Phi) is 10.5. The van der Waals surface area contributed by atoms with Crippen molar-refractivity contribution in [2.75, 3.05) is 13.4 Å². The topological polar surface area (TPSA) is 179 Å². The summed E-state index contributed by atoms with van der Waals surface area (Å²) < 4.78 is 44.1. The highest BCUT2D eigenvalue weighted by Gasteiger charge is 2.53. The summed E-state index contributed by atoms with van der Waals surface area (Å²) in [4.78, 5) is 61.0. The quantitative estimate of drug-likeness (QED) is 0.217. The molecule has 0 radical (unpaired) electrons. The largest absolute Gasteiger partial charge is 0.507 e. The first kappa shape index (κ1) is 33.1. The summed E-state index contributed by atoms with van der Waals surface area (Å²) in [5, 5.41) is 11.2. The Morgan fingerprint density at radius 1 is 0.822 bits per heavy atom. The number of ether oxygens (including phenoxy) is 8. The number of rotatable bonds is 11. The molecule has 2 aliphatic heterocycles. The van der Waals surface area contributed by atoms with Gasteiger partial charge in [-0.25, -0.2) is 0 Å². The van der Waals surface area contributed by atoms with Gasteiger partial charge in [0.2, 0.25) is 19.2 Å². The fourth-order valence-corrected chi connectivity index (χ4v) is 5.04. The molecular formula is C31H34O14. The monoisotopic (exact) mass is 630 g/mol. The van der Waals surface area contributed by atoms with Crippen molar-refractivity contribution in [2.24, 2.45) is 0 Å². The summed E-state index contributed by atoms with van der Waals surface area (Å²) in [7, 11) is 0. The molecule has 2 aliphatic rings. The van der Waals surface area contributed by atoms with Gasteiger partial charge in [0.1, 0.15) is 24.2 Å². The molecule has 0 unspecified atom stereocenters. The van der Waals surface area contributed by atoms with Crippen molar-refractivity contribution < 1.29 is 67.0 Å². The first-order valence-electron chi connectivity index (χ1n) is 14.1. The number of carbonyl (C=O) groups excluding carboxylic acids is 5. The minimum Gasteiger partial charge on any atom is -0.507 e. The molecule has 14 heteroatoms. The Morgan fingerprint density at radius 2 is 1.47 bits per heavy atom. The van der Waals surface area contributed by atoms with Crippen molar-refractivity contribution in [3.8, 4) is 23.0 Å². The van der Waals surface area contributed by atoms with Crippen LogP contribution in [0.25, 0.3) is 0 Å². The molecule has 2 heterocycles. The SMILES string of the molecule is CCc1c(O[C@@H]2O[C@@H](COC(C)=O)[C@@H](OC(C)=O)[C@@H](OC(C)=O)[C@@H]2OC(C)=O)ccc(C(=O)Cc2ccc3c(c2)OCO3)c1O. The first-order chi connectivity index (χ1) is 21.4. The van der Waals surface area contributed by atoms with E-state index in [0.29, 0.717) is 17.1 Å². The van der Waals surface area contributed by atoms with Gasteiger partial charge >= 0.3 is 23.9 Å². The Bertz CT molecular complexity index is 1470. The van der Waals surface area contributed by atoms with E-state index in [4.69, 9.17) is 37.9 Å². The summed E-state index contributed by atoms with van der Waals surface area (Å²) >= 11 is 0. The molecular weight excluding hydrogens is 596 g/mol. The molecule has 0 amide bonds. The molecule has 2 aromatic rings. The fourth-order valence-electron chi connectivity index (χ4n) is 5.04. The molecule has 0 saturated carbocycles. The van der Waals surface area contributed by atoms with Crippen LogP contribution in [0.5, 0.6) is 23.0 Å². The van der Waals surface area contributed by atoms with E-state index in [9.17, 15) is 29.1 Å². The Morgan fingerprint density at radius 3 is 2.11 bits per heavy atom. The second kappa shape index (κ2) is 14.3. The molecule has 5 atom stereocenters. The van der Waals surface area contributed by atoms with E-state index in [1.165, 1.54) is 12.1 Å². The first-order valence-corrected chi connectivity index (χ1v) is 14.1. The number of esters is 4. The van der Waals surface area contributed by atoms with Gasteiger partial charge in [0.25, 0.3) is 0 Å². The third kappa shape index (κ3) is 8.01. The van der Waals surface area contributed by atoms with Gasteiger partial charge in [0, 0.05) is 39.7 Å². The lowest BCUT2D eigenvalue weighted by atomic mass is 9.97. The van der Waals surface area contributed by atoms with Crippen LogP contribution in [0.4, 0.5) is 0 Å². The van der Waals surface area contributed by atoms with Gasteiger partial charge in [-0.05, 0) is 36.2 Å². The summed E-state index contributed by atoms with van der Waals surface area (Å²) in [5.74, 6) is -2.56. The zero-order valence-electron chi connectivity index (χ0n) is 25.4. The number of fused-ring (bicyclic) bond motifs is 1. The van der Waals surface area contributed by atoms with E-state index in [2.05, 4.69) is 0 Å². The highest BCUT2D eigenvalue weighted by atomic mass is 16.7. The van der Waals surface area contributed by atoms with Gasteiger partial charge in [-0.1, -0.05) is 13.0 Å². The normalized spacial score (nSPS) is 21.8. The maximum atomic E-state index is 13.2. The highest BCUT2D eigenvalue weighted by Crippen LogP contribution is 2.37. The molecule has 0 bridgehead atoms. The molecule has 45 heavy (non-hydrogen) atoms. The van der Waals surface area contributed by atoms with Crippen molar-refractivity contribution in [1.82, 2.24) is 0 Å². The molecule has 14 nitrogen and oxygen atoms in total. The molecule has 1 fully saturated rings. The lowest BCUT2D eigenvalue weighted by Gasteiger charge is -2.44. The number of ketones is 1. The van der Waals surface area contributed by atoms with Gasteiger partial charge in [-0.3, -0.25) is 24.0 Å². The van der Waals surface area contributed by atoms with Gasteiger partial charge in [0.05, 0.1) is 5.56 Å². The van der Waals surface area contributed by atoms with Crippen molar-refractivity contribution in [3.63, 3.8) is 0 Å². The fraction of sp³-hybridized carbons (Fsp3) is 0.452.